The van der Waals surface area contributed by atoms with Crippen molar-refractivity contribution in [3.63, 3.8) is 0 Å². The summed E-state index contributed by atoms with van der Waals surface area (Å²) in [5.41, 5.74) is 6.60. The van der Waals surface area contributed by atoms with Gasteiger partial charge in [0.15, 0.2) is 5.65 Å². The highest BCUT2D eigenvalue weighted by atomic mass is 15.1. The van der Waals surface area contributed by atoms with Crippen LogP contribution in [0.1, 0.15) is 19.4 Å². The Balaban J connectivity index is 0.00000137. The first-order valence-electron chi connectivity index (χ1n) is 12.0. The van der Waals surface area contributed by atoms with Gasteiger partial charge in [-0.2, -0.15) is 5.26 Å². The van der Waals surface area contributed by atoms with Gasteiger partial charge in [-0.3, -0.25) is 9.97 Å². The van der Waals surface area contributed by atoms with Gasteiger partial charge in [0.2, 0.25) is 0 Å². The van der Waals surface area contributed by atoms with Crippen LogP contribution in [-0.2, 0) is 0 Å². The van der Waals surface area contributed by atoms with Gasteiger partial charge >= 0.3 is 0 Å². The molecule has 2 aromatic carbocycles. The minimum absolute atomic E-state index is 0.599. The van der Waals surface area contributed by atoms with E-state index in [0.717, 1.165) is 44.9 Å². The number of nitrogens with zero attached hydrogens (tertiary/aromatic N) is 5. The molecule has 0 fully saturated rings. The first-order chi connectivity index (χ1) is 18.2. The largest absolute Gasteiger partial charge is 0.355 e. The van der Waals surface area contributed by atoms with Gasteiger partial charge in [-0.05, 0) is 72.8 Å². The summed E-state index contributed by atoms with van der Waals surface area (Å²) in [7, 11) is 0. The van der Waals surface area contributed by atoms with Crippen LogP contribution in [0.2, 0.25) is 0 Å². The summed E-state index contributed by atoms with van der Waals surface area (Å²) < 4.78 is 0. The van der Waals surface area contributed by atoms with Gasteiger partial charge in [0, 0.05) is 46.6 Å². The van der Waals surface area contributed by atoms with Gasteiger partial charge in [-0.1, -0.05) is 13.8 Å². The topological polar surface area (TPSA) is 115 Å². The van der Waals surface area contributed by atoms with Crippen molar-refractivity contribution in [2.24, 2.45) is 0 Å². The molecule has 3 N–H and O–H groups in total. The number of fused-ring (bicyclic) bond motifs is 2. The van der Waals surface area contributed by atoms with Crippen molar-refractivity contribution in [3.05, 3.63) is 97.0 Å². The second-order valence-electron chi connectivity index (χ2n) is 7.92. The fourth-order valence-corrected chi connectivity index (χ4v) is 3.87. The number of imidazole rings is 1. The highest BCUT2D eigenvalue weighted by molar-refractivity contribution is 5.93. The van der Waals surface area contributed by atoms with Gasteiger partial charge in [0.25, 0.3) is 0 Å². The van der Waals surface area contributed by atoms with Crippen LogP contribution in [0.25, 0.3) is 33.5 Å². The molecule has 180 valence electrons. The lowest BCUT2D eigenvalue weighted by atomic mass is 10.1. The predicted molar refractivity (Wildman–Crippen MR) is 148 cm³/mol. The summed E-state index contributed by atoms with van der Waals surface area (Å²) >= 11 is 0. The van der Waals surface area contributed by atoms with Crippen LogP contribution in [0.3, 0.4) is 0 Å². The van der Waals surface area contributed by atoms with E-state index in [4.69, 9.17) is 0 Å². The fraction of sp³-hybridized carbons (Fsp3) is 0.0690. The van der Waals surface area contributed by atoms with Crippen LogP contribution in [0, 0.1) is 11.3 Å². The molecular weight excluding hydrogens is 460 g/mol. The molecule has 4 heterocycles. The Hall–Kier alpha value is -5.29. The molecule has 0 radical (unpaired) electrons. The second kappa shape index (κ2) is 10.5. The third-order valence-corrected chi connectivity index (χ3v) is 5.61. The number of aromatic nitrogens is 5. The van der Waals surface area contributed by atoms with Crippen molar-refractivity contribution < 1.29 is 0 Å². The third kappa shape index (κ3) is 5.06. The van der Waals surface area contributed by atoms with E-state index in [1.54, 1.807) is 24.7 Å². The number of anilines is 4. The van der Waals surface area contributed by atoms with Crippen LogP contribution in [-0.4, -0.2) is 24.9 Å². The molecule has 0 saturated carbocycles. The van der Waals surface area contributed by atoms with Gasteiger partial charge in [-0.25, -0.2) is 9.97 Å². The molecule has 0 aliphatic heterocycles. The third-order valence-electron chi connectivity index (χ3n) is 5.61. The monoisotopic (exact) mass is 484 g/mol. The van der Waals surface area contributed by atoms with E-state index in [0.29, 0.717) is 17.0 Å². The van der Waals surface area contributed by atoms with Gasteiger partial charge in [-0.15, -0.1) is 0 Å². The Bertz CT molecular complexity index is 1700. The molecule has 0 aliphatic rings. The Morgan fingerprint density at radius 3 is 2.35 bits per heavy atom. The van der Waals surface area contributed by atoms with Crippen molar-refractivity contribution >= 4 is 44.9 Å². The van der Waals surface area contributed by atoms with E-state index < -0.39 is 0 Å². The summed E-state index contributed by atoms with van der Waals surface area (Å²) in [6, 6.07) is 25.2. The lowest BCUT2D eigenvalue weighted by Crippen LogP contribution is -1.93. The van der Waals surface area contributed by atoms with Crippen LogP contribution >= 0.6 is 0 Å². The molecule has 8 heteroatoms. The zero-order valence-electron chi connectivity index (χ0n) is 20.4. The summed E-state index contributed by atoms with van der Waals surface area (Å²) in [5, 5.41) is 16.8. The molecule has 0 aliphatic carbocycles. The molecule has 0 atom stereocenters. The van der Waals surface area contributed by atoms with Crippen LogP contribution < -0.4 is 10.6 Å². The van der Waals surface area contributed by atoms with E-state index in [1.165, 1.54) is 0 Å². The molecule has 0 saturated heterocycles. The number of rotatable bonds is 5. The Morgan fingerprint density at radius 2 is 1.57 bits per heavy atom. The van der Waals surface area contributed by atoms with Crippen molar-refractivity contribution in [2.75, 3.05) is 10.6 Å². The van der Waals surface area contributed by atoms with Gasteiger partial charge in [0.1, 0.15) is 11.6 Å². The van der Waals surface area contributed by atoms with Gasteiger partial charge < -0.3 is 15.6 Å². The van der Waals surface area contributed by atoms with E-state index in [-0.39, 0.29) is 0 Å². The Kier molecular flexibility index (Phi) is 6.68. The van der Waals surface area contributed by atoms with Crippen LogP contribution in [0.5, 0.6) is 0 Å². The lowest BCUT2D eigenvalue weighted by molar-refractivity contribution is 1.28. The number of hydrogen-bond donors (Lipinski definition) is 3. The molecule has 0 bridgehead atoms. The zero-order valence-corrected chi connectivity index (χ0v) is 20.4. The van der Waals surface area contributed by atoms with Crippen molar-refractivity contribution in [1.82, 2.24) is 24.9 Å². The highest BCUT2D eigenvalue weighted by Gasteiger charge is 2.09. The number of nitriles is 1. The summed E-state index contributed by atoms with van der Waals surface area (Å²) in [5.74, 6) is 1.46. The predicted octanol–water partition coefficient (Wildman–Crippen LogP) is 6.95. The minimum Gasteiger partial charge on any atom is -0.355 e. The molecule has 6 rings (SSSR count). The zero-order chi connectivity index (χ0) is 25.6. The van der Waals surface area contributed by atoms with Crippen molar-refractivity contribution in [3.8, 4) is 17.5 Å². The standard InChI is InChI=1S/C27H18N8.C2H6/c28-16-17-1-6-22-21(15-17)23(11-14-30-22)31-19-4-2-18(3-5-19)26-33-24-7-8-25(34-27(24)35-26)32-20-9-12-29-13-10-20;1-2/h1-15H,(H,30,31)(H2,29,32,33,34,35);1-2H3. The number of hydrogen-bond acceptors (Lipinski definition) is 7. The second-order valence-corrected chi connectivity index (χ2v) is 7.92. The quantitative estimate of drug-likeness (QED) is 0.242. The van der Waals surface area contributed by atoms with Crippen LogP contribution in [0.4, 0.5) is 22.9 Å². The first-order valence-corrected chi connectivity index (χ1v) is 12.0. The summed E-state index contributed by atoms with van der Waals surface area (Å²) in [6.45, 7) is 4.00. The lowest BCUT2D eigenvalue weighted by Gasteiger charge is -2.10. The Labute approximate surface area is 214 Å². The fourth-order valence-electron chi connectivity index (χ4n) is 3.87. The van der Waals surface area contributed by atoms with E-state index >= 15 is 0 Å². The van der Waals surface area contributed by atoms with Crippen molar-refractivity contribution in [1.29, 1.82) is 5.26 Å². The molecule has 37 heavy (non-hydrogen) atoms. The maximum atomic E-state index is 9.24. The SMILES string of the molecule is CC.N#Cc1ccc2nccc(Nc3ccc(-c4nc5nc(Nc6ccncc6)ccc5[nH]4)cc3)c2c1. The summed E-state index contributed by atoms with van der Waals surface area (Å²) in [4.78, 5) is 21.1. The number of nitrogens with one attached hydrogen (secondary N) is 3. The average Bonchev–Trinajstić information content (AvgIpc) is 3.38. The minimum atomic E-state index is 0.599. The highest BCUT2D eigenvalue weighted by Crippen LogP contribution is 2.28. The number of H-pyrrole nitrogens is 1. The normalized spacial score (nSPS) is 10.4. The van der Waals surface area contributed by atoms with Gasteiger partial charge in [0.05, 0.1) is 22.7 Å². The van der Waals surface area contributed by atoms with E-state index in [1.807, 2.05) is 80.6 Å². The summed E-state index contributed by atoms with van der Waals surface area (Å²) in [6.07, 6.45) is 5.21. The molecule has 0 spiro atoms. The number of aromatic amines is 1. The molecule has 0 amide bonds. The maximum Gasteiger partial charge on any atom is 0.180 e. The maximum absolute atomic E-state index is 9.24. The molecule has 4 aromatic heterocycles. The first kappa shape index (κ1) is 23.5. The molecule has 6 aromatic rings. The Morgan fingerprint density at radius 1 is 0.784 bits per heavy atom. The number of pyridine rings is 3. The average molecular weight is 485 g/mol. The van der Waals surface area contributed by atoms with Crippen molar-refractivity contribution in [2.45, 2.75) is 13.8 Å². The van der Waals surface area contributed by atoms with Crippen LogP contribution in [0.15, 0.2) is 91.4 Å². The smallest absolute Gasteiger partial charge is 0.180 e. The molecule has 8 nitrogen and oxygen atoms in total. The molecular formula is C29H24N8. The van der Waals surface area contributed by atoms with E-state index in [9.17, 15) is 5.26 Å². The van der Waals surface area contributed by atoms with E-state index in [2.05, 4.69) is 41.6 Å². The molecule has 0 unspecified atom stereocenters. The number of benzene rings is 2.